The molecule has 0 spiro atoms. The summed E-state index contributed by atoms with van der Waals surface area (Å²) >= 11 is 8.97. The van der Waals surface area contributed by atoms with Crippen LogP contribution in [0.1, 0.15) is 18.1 Å². The van der Waals surface area contributed by atoms with Gasteiger partial charge in [-0.3, -0.25) is 0 Å². The molecule has 2 rings (SSSR count). The molecule has 0 aliphatic carbocycles. The summed E-state index contributed by atoms with van der Waals surface area (Å²) in [5.41, 5.74) is 0.874. The molecule has 0 bridgehead atoms. The van der Waals surface area contributed by atoms with Gasteiger partial charge in [-0.2, -0.15) is 0 Å². The van der Waals surface area contributed by atoms with E-state index in [4.69, 9.17) is 16.3 Å². The van der Waals surface area contributed by atoms with Crippen molar-refractivity contribution in [2.45, 2.75) is 12.5 Å². The van der Waals surface area contributed by atoms with Gasteiger partial charge in [0, 0.05) is 18.4 Å². The second-order valence-corrected chi connectivity index (χ2v) is 4.83. The Morgan fingerprint density at radius 2 is 2.33 bits per heavy atom. The summed E-state index contributed by atoms with van der Waals surface area (Å²) in [4.78, 5) is 0. The van der Waals surface area contributed by atoms with Crippen LogP contribution in [-0.2, 0) is 4.74 Å². The summed E-state index contributed by atoms with van der Waals surface area (Å²) in [5.74, 6) is 0.603. The van der Waals surface area contributed by atoms with Crippen LogP contribution in [0.25, 0.3) is 0 Å². The summed E-state index contributed by atoms with van der Waals surface area (Å²) in [7, 11) is 0. The van der Waals surface area contributed by atoms with E-state index in [-0.39, 0.29) is 11.9 Å². The van der Waals surface area contributed by atoms with E-state index in [2.05, 4.69) is 15.9 Å². The number of ether oxygens (including phenoxy) is 1. The highest BCUT2D eigenvalue weighted by Gasteiger charge is 2.29. The summed E-state index contributed by atoms with van der Waals surface area (Å²) < 4.78 is 19.4. The average molecular weight is 294 g/mol. The van der Waals surface area contributed by atoms with Crippen molar-refractivity contribution in [3.8, 4) is 0 Å². The molecule has 1 aliphatic rings. The molecule has 1 aliphatic heterocycles. The zero-order chi connectivity index (χ0) is 10.8. The zero-order valence-corrected chi connectivity index (χ0v) is 10.4. The Kier molecular flexibility index (Phi) is 3.65. The van der Waals surface area contributed by atoms with Crippen LogP contribution in [0.4, 0.5) is 4.39 Å². The van der Waals surface area contributed by atoms with Crippen molar-refractivity contribution in [3.05, 3.63) is 34.1 Å². The van der Waals surface area contributed by atoms with Gasteiger partial charge in [-0.05, 0) is 40.0 Å². The predicted octanol–water partition coefficient (Wildman–Crippen LogP) is 3.90. The van der Waals surface area contributed by atoms with Crippen LogP contribution >= 0.6 is 27.5 Å². The molecule has 1 aromatic carbocycles. The van der Waals surface area contributed by atoms with Gasteiger partial charge in [0.2, 0.25) is 0 Å². The van der Waals surface area contributed by atoms with Gasteiger partial charge >= 0.3 is 0 Å². The first-order valence-electron chi connectivity index (χ1n) is 4.85. The number of rotatable bonds is 2. The molecule has 1 saturated heterocycles. The van der Waals surface area contributed by atoms with Crippen molar-refractivity contribution in [3.63, 3.8) is 0 Å². The van der Waals surface area contributed by atoms with Crippen LogP contribution in [0.3, 0.4) is 0 Å². The van der Waals surface area contributed by atoms with Crippen molar-refractivity contribution >= 4 is 27.5 Å². The molecule has 0 aromatic heterocycles. The third-order valence-electron chi connectivity index (χ3n) is 2.68. The smallest absolute Gasteiger partial charge is 0.137 e. The monoisotopic (exact) mass is 292 g/mol. The Bertz CT molecular complexity index is 358. The predicted molar refractivity (Wildman–Crippen MR) is 61.6 cm³/mol. The lowest BCUT2D eigenvalue weighted by atomic mass is 9.97. The molecule has 1 fully saturated rings. The topological polar surface area (TPSA) is 9.23 Å². The Hall–Kier alpha value is -0.120. The molecule has 2 unspecified atom stereocenters. The summed E-state index contributed by atoms with van der Waals surface area (Å²) in [5, 5.41) is 0. The molecular formula is C11H11BrClFO. The quantitative estimate of drug-likeness (QED) is 0.751. The van der Waals surface area contributed by atoms with Gasteiger partial charge in [0.15, 0.2) is 0 Å². The Balaban J connectivity index is 2.25. The number of halogens is 3. The SMILES string of the molecule is Fc1cc(C2OCCC2CCl)ccc1Br. The largest absolute Gasteiger partial charge is 0.373 e. The van der Waals surface area contributed by atoms with Gasteiger partial charge in [0.1, 0.15) is 5.82 Å². The molecular weight excluding hydrogens is 282 g/mol. The van der Waals surface area contributed by atoms with Gasteiger partial charge in [0.05, 0.1) is 10.6 Å². The highest BCUT2D eigenvalue weighted by molar-refractivity contribution is 9.10. The van der Waals surface area contributed by atoms with Gasteiger partial charge in [-0.15, -0.1) is 11.6 Å². The van der Waals surface area contributed by atoms with E-state index in [9.17, 15) is 4.39 Å². The fourth-order valence-corrected chi connectivity index (χ4v) is 2.41. The van der Waals surface area contributed by atoms with Crippen molar-refractivity contribution in [2.75, 3.05) is 12.5 Å². The lowest BCUT2D eigenvalue weighted by Crippen LogP contribution is -2.09. The first kappa shape index (κ1) is 11.4. The van der Waals surface area contributed by atoms with Crippen LogP contribution in [0.15, 0.2) is 22.7 Å². The summed E-state index contributed by atoms with van der Waals surface area (Å²) in [6.07, 6.45) is 0.899. The van der Waals surface area contributed by atoms with Crippen LogP contribution in [0.2, 0.25) is 0 Å². The zero-order valence-electron chi connectivity index (χ0n) is 8.05. The molecule has 1 nitrogen and oxygen atoms in total. The van der Waals surface area contributed by atoms with E-state index in [1.165, 1.54) is 6.07 Å². The molecule has 4 heteroatoms. The maximum absolute atomic E-state index is 13.3. The second kappa shape index (κ2) is 4.81. The lowest BCUT2D eigenvalue weighted by molar-refractivity contribution is 0.0949. The minimum absolute atomic E-state index is 0.0508. The molecule has 0 N–H and O–H groups in total. The van der Waals surface area contributed by atoms with Crippen molar-refractivity contribution in [1.82, 2.24) is 0 Å². The maximum Gasteiger partial charge on any atom is 0.137 e. The van der Waals surface area contributed by atoms with E-state index in [1.54, 1.807) is 6.07 Å². The van der Waals surface area contributed by atoms with Crippen molar-refractivity contribution < 1.29 is 9.13 Å². The fraction of sp³-hybridized carbons (Fsp3) is 0.455. The van der Waals surface area contributed by atoms with Gasteiger partial charge < -0.3 is 4.74 Å². The second-order valence-electron chi connectivity index (χ2n) is 3.67. The molecule has 0 amide bonds. The minimum atomic E-state index is -0.253. The molecule has 0 radical (unpaired) electrons. The average Bonchev–Trinajstić information content (AvgIpc) is 2.70. The standard InChI is InChI=1S/C11H11BrClFO/c12-9-2-1-7(5-10(9)14)11-8(6-13)3-4-15-11/h1-2,5,8,11H,3-4,6H2. The van der Waals surface area contributed by atoms with Crippen molar-refractivity contribution in [1.29, 1.82) is 0 Å². The fourth-order valence-electron chi connectivity index (χ4n) is 1.85. The van der Waals surface area contributed by atoms with Crippen molar-refractivity contribution in [2.24, 2.45) is 5.92 Å². The number of hydrogen-bond acceptors (Lipinski definition) is 1. The van der Waals surface area contributed by atoms with Gasteiger partial charge in [0.25, 0.3) is 0 Å². The number of alkyl halides is 1. The number of hydrogen-bond donors (Lipinski definition) is 0. The normalized spacial score (nSPS) is 25.8. The molecule has 0 saturated carbocycles. The number of benzene rings is 1. The molecule has 82 valence electrons. The van der Waals surface area contributed by atoms with Crippen LogP contribution < -0.4 is 0 Å². The molecule has 2 atom stereocenters. The molecule has 15 heavy (non-hydrogen) atoms. The van der Waals surface area contributed by atoms with E-state index in [1.807, 2.05) is 6.07 Å². The first-order chi connectivity index (χ1) is 7.22. The highest BCUT2D eigenvalue weighted by Crippen LogP contribution is 2.36. The van der Waals surface area contributed by atoms with Crippen LogP contribution in [-0.4, -0.2) is 12.5 Å². The Morgan fingerprint density at radius 1 is 1.53 bits per heavy atom. The van der Waals surface area contributed by atoms with Gasteiger partial charge in [-0.25, -0.2) is 4.39 Å². The van der Waals surface area contributed by atoms with Crippen LogP contribution in [0, 0.1) is 11.7 Å². The van der Waals surface area contributed by atoms with Gasteiger partial charge in [-0.1, -0.05) is 6.07 Å². The minimum Gasteiger partial charge on any atom is -0.373 e. The first-order valence-corrected chi connectivity index (χ1v) is 6.17. The highest BCUT2D eigenvalue weighted by atomic mass is 79.9. The summed E-state index contributed by atoms with van der Waals surface area (Å²) in [6.45, 7) is 0.708. The molecule has 1 heterocycles. The van der Waals surface area contributed by atoms with E-state index in [0.29, 0.717) is 22.9 Å². The van der Waals surface area contributed by atoms with E-state index >= 15 is 0 Å². The molecule has 1 aromatic rings. The summed E-state index contributed by atoms with van der Waals surface area (Å²) in [6, 6.07) is 5.10. The Labute approximate surface area is 102 Å². The third-order valence-corrected chi connectivity index (χ3v) is 3.72. The lowest BCUT2D eigenvalue weighted by Gasteiger charge is -2.16. The van der Waals surface area contributed by atoms with E-state index < -0.39 is 0 Å². The van der Waals surface area contributed by atoms with Crippen LogP contribution in [0.5, 0.6) is 0 Å². The van der Waals surface area contributed by atoms with E-state index in [0.717, 1.165) is 12.0 Å². The maximum atomic E-state index is 13.3. The Morgan fingerprint density at radius 3 is 3.00 bits per heavy atom. The third kappa shape index (κ3) is 2.35.